The molecule has 10 N–H and O–H groups in total. The molecule has 194 valence electrons. The summed E-state index contributed by atoms with van der Waals surface area (Å²) in [6, 6.07) is 0.724. The van der Waals surface area contributed by atoms with Gasteiger partial charge in [-0.05, 0) is 36.5 Å². The quantitative estimate of drug-likeness (QED) is 0.138. The maximum Gasteiger partial charge on any atom is 0.326 e. The molecule has 0 aliphatic carbocycles. The van der Waals surface area contributed by atoms with Crippen molar-refractivity contribution < 1.29 is 39.3 Å². The van der Waals surface area contributed by atoms with E-state index >= 15 is 0 Å². The van der Waals surface area contributed by atoms with Gasteiger partial charge in [0.2, 0.25) is 23.6 Å². The third-order valence-corrected chi connectivity index (χ3v) is 4.90. The van der Waals surface area contributed by atoms with Gasteiger partial charge in [-0.25, -0.2) is 4.79 Å². The van der Waals surface area contributed by atoms with Crippen molar-refractivity contribution in [3.63, 3.8) is 0 Å². The van der Waals surface area contributed by atoms with E-state index in [9.17, 15) is 39.3 Å². The minimum Gasteiger partial charge on any atom is -0.508 e. The number of primary amides is 1. The van der Waals surface area contributed by atoms with Crippen molar-refractivity contribution in [3.05, 3.63) is 29.8 Å². The van der Waals surface area contributed by atoms with Crippen LogP contribution in [-0.2, 0) is 30.4 Å². The van der Waals surface area contributed by atoms with Crippen molar-refractivity contribution in [3.8, 4) is 5.75 Å². The minimum absolute atomic E-state index is 0.0491. The third-order valence-electron chi connectivity index (χ3n) is 4.90. The van der Waals surface area contributed by atoms with Crippen LogP contribution in [-0.4, -0.2) is 75.7 Å². The molecule has 4 atom stereocenters. The number of nitrogens with one attached hydrogen (secondary N) is 3. The molecule has 0 saturated heterocycles. The van der Waals surface area contributed by atoms with E-state index in [1.54, 1.807) is 26.0 Å². The number of phenols is 1. The third kappa shape index (κ3) is 10.4. The zero-order valence-corrected chi connectivity index (χ0v) is 19.6. The summed E-state index contributed by atoms with van der Waals surface area (Å²) in [4.78, 5) is 60.2. The molecule has 1 rings (SSSR count). The smallest absolute Gasteiger partial charge is 0.326 e. The number of hydrogen-bond acceptors (Lipinski definition) is 8. The average molecular weight is 496 g/mol. The van der Waals surface area contributed by atoms with E-state index in [0.29, 0.717) is 5.56 Å². The molecule has 0 saturated carbocycles. The fourth-order valence-electron chi connectivity index (χ4n) is 3.10. The van der Waals surface area contributed by atoms with Gasteiger partial charge in [0.1, 0.15) is 23.9 Å². The van der Waals surface area contributed by atoms with E-state index in [0.717, 1.165) is 0 Å². The number of carboxylic acids is 1. The Morgan fingerprint density at radius 1 is 0.886 bits per heavy atom. The highest BCUT2D eigenvalue weighted by atomic mass is 16.4. The molecule has 0 fully saturated rings. The number of carbonyl (C=O) groups excluding carboxylic acids is 4. The van der Waals surface area contributed by atoms with Crippen molar-refractivity contribution in [1.82, 2.24) is 16.0 Å². The van der Waals surface area contributed by atoms with Gasteiger partial charge in [0.25, 0.3) is 0 Å². The van der Waals surface area contributed by atoms with Gasteiger partial charge >= 0.3 is 5.97 Å². The Labute approximate surface area is 202 Å². The van der Waals surface area contributed by atoms with E-state index in [-0.39, 0.29) is 24.5 Å². The first-order valence-corrected chi connectivity index (χ1v) is 10.9. The van der Waals surface area contributed by atoms with Crippen LogP contribution < -0.4 is 27.4 Å². The van der Waals surface area contributed by atoms with Crippen LogP contribution in [0.15, 0.2) is 24.3 Å². The summed E-state index contributed by atoms with van der Waals surface area (Å²) < 4.78 is 0. The van der Waals surface area contributed by atoms with Crippen LogP contribution >= 0.6 is 0 Å². The Kier molecular flexibility index (Phi) is 11.6. The second kappa shape index (κ2) is 13.9. The van der Waals surface area contributed by atoms with Crippen molar-refractivity contribution >= 4 is 29.6 Å². The minimum atomic E-state index is -1.59. The SMILES string of the molecule is CC(C)CC(NC(=O)C(CO)NC(=O)C(N)Cc1ccc(O)cc1)C(=O)NC(CC(N)=O)C(=O)O. The number of carbonyl (C=O) groups is 5. The van der Waals surface area contributed by atoms with Crippen molar-refractivity contribution in [2.45, 2.75) is 57.3 Å². The van der Waals surface area contributed by atoms with Crippen molar-refractivity contribution in [2.75, 3.05) is 6.61 Å². The van der Waals surface area contributed by atoms with Crippen LogP contribution in [0.2, 0.25) is 0 Å². The zero-order chi connectivity index (χ0) is 26.7. The summed E-state index contributed by atoms with van der Waals surface area (Å²) in [5.41, 5.74) is 11.6. The van der Waals surface area contributed by atoms with Crippen LogP contribution in [0.4, 0.5) is 0 Å². The lowest BCUT2D eigenvalue weighted by Gasteiger charge is -2.25. The zero-order valence-electron chi connectivity index (χ0n) is 19.6. The molecule has 35 heavy (non-hydrogen) atoms. The van der Waals surface area contributed by atoms with Crippen molar-refractivity contribution in [1.29, 1.82) is 0 Å². The highest BCUT2D eigenvalue weighted by molar-refractivity contribution is 5.95. The number of nitrogens with two attached hydrogens (primary N) is 2. The van der Waals surface area contributed by atoms with Crippen LogP contribution in [0.1, 0.15) is 32.3 Å². The van der Waals surface area contributed by atoms with Crippen LogP contribution in [0.5, 0.6) is 5.75 Å². The number of aliphatic hydroxyl groups excluding tert-OH is 1. The van der Waals surface area contributed by atoms with Crippen LogP contribution in [0.3, 0.4) is 0 Å². The van der Waals surface area contributed by atoms with E-state index in [4.69, 9.17) is 11.5 Å². The molecule has 0 aromatic heterocycles. The van der Waals surface area contributed by atoms with Gasteiger partial charge in [0.05, 0.1) is 19.1 Å². The first kappa shape index (κ1) is 29.3. The Bertz CT molecular complexity index is 906. The number of aromatic hydroxyl groups is 1. The molecule has 13 heteroatoms. The molecule has 1 aromatic rings. The molecule has 4 amide bonds. The number of carboxylic acid groups (broad SMARTS) is 1. The van der Waals surface area contributed by atoms with Crippen LogP contribution in [0.25, 0.3) is 0 Å². The fraction of sp³-hybridized carbons (Fsp3) is 0.500. The van der Waals surface area contributed by atoms with Gasteiger partial charge < -0.3 is 42.7 Å². The number of rotatable bonds is 14. The Balaban J connectivity index is 2.84. The predicted octanol–water partition coefficient (Wildman–Crippen LogP) is -2.29. The predicted molar refractivity (Wildman–Crippen MR) is 124 cm³/mol. The Hall–Kier alpha value is -3.71. The van der Waals surface area contributed by atoms with Gasteiger partial charge in [-0.1, -0.05) is 26.0 Å². The fourth-order valence-corrected chi connectivity index (χ4v) is 3.10. The van der Waals surface area contributed by atoms with E-state index in [1.807, 2.05) is 0 Å². The number of aliphatic hydroxyl groups is 1. The molecule has 0 aliphatic rings. The van der Waals surface area contributed by atoms with E-state index in [1.165, 1.54) is 12.1 Å². The maximum atomic E-state index is 12.7. The van der Waals surface area contributed by atoms with Gasteiger partial charge in [-0.15, -0.1) is 0 Å². The number of phenolic OH excluding ortho intramolecular Hbond substituents is 1. The van der Waals surface area contributed by atoms with Gasteiger partial charge in [-0.2, -0.15) is 0 Å². The summed E-state index contributed by atoms with van der Waals surface area (Å²) in [6.07, 6.45) is -0.439. The summed E-state index contributed by atoms with van der Waals surface area (Å²) in [7, 11) is 0. The molecule has 1 aromatic carbocycles. The summed E-state index contributed by atoms with van der Waals surface area (Å²) in [6.45, 7) is 2.73. The lowest BCUT2D eigenvalue weighted by Crippen LogP contribution is -2.58. The van der Waals surface area contributed by atoms with Gasteiger partial charge in [0, 0.05) is 0 Å². The highest BCUT2D eigenvalue weighted by Crippen LogP contribution is 2.11. The summed E-state index contributed by atoms with van der Waals surface area (Å²) >= 11 is 0. The first-order chi connectivity index (χ1) is 16.3. The molecule has 4 unspecified atom stereocenters. The Morgan fingerprint density at radius 2 is 1.40 bits per heavy atom. The molecule has 0 spiro atoms. The normalized spacial score (nSPS) is 14.3. The Morgan fingerprint density at radius 3 is 1.89 bits per heavy atom. The molecule has 0 bridgehead atoms. The van der Waals surface area contributed by atoms with Crippen molar-refractivity contribution in [2.24, 2.45) is 17.4 Å². The molecular formula is C22H33N5O8. The highest BCUT2D eigenvalue weighted by Gasteiger charge is 2.31. The van der Waals surface area contributed by atoms with E-state index in [2.05, 4.69) is 16.0 Å². The molecule has 13 nitrogen and oxygen atoms in total. The lowest BCUT2D eigenvalue weighted by molar-refractivity contribution is -0.144. The molecule has 0 heterocycles. The number of hydrogen-bond donors (Lipinski definition) is 8. The first-order valence-electron chi connectivity index (χ1n) is 10.9. The second-order valence-electron chi connectivity index (χ2n) is 8.48. The number of amides is 4. The molecule has 0 aliphatic heterocycles. The lowest BCUT2D eigenvalue weighted by atomic mass is 10.0. The number of benzene rings is 1. The molecular weight excluding hydrogens is 462 g/mol. The maximum absolute atomic E-state index is 12.7. The second-order valence-corrected chi connectivity index (χ2v) is 8.48. The average Bonchev–Trinajstić information content (AvgIpc) is 2.76. The standard InChI is InChI=1S/C22H33N5O8/c1-11(2)7-15(20(32)26-16(22(34)35)9-18(24)30)25-21(33)17(10-28)27-19(31)14(23)8-12-3-5-13(29)6-4-12/h3-6,11,14-17,28-29H,7-10,23H2,1-2H3,(H2,24,30)(H,25,33)(H,26,32)(H,27,31)(H,34,35). The number of aliphatic carboxylic acids is 1. The van der Waals surface area contributed by atoms with Gasteiger partial charge in [0.15, 0.2) is 0 Å². The monoisotopic (exact) mass is 495 g/mol. The largest absolute Gasteiger partial charge is 0.508 e. The topological polar surface area (TPSA) is 234 Å². The summed E-state index contributed by atoms with van der Waals surface area (Å²) in [5, 5.41) is 35.0. The van der Waals surface area contributed by atoms with Crippen LogP contribution in [0, 0.1) is 5.92 Å². The summed E-state index contributed by atoms with van der Waals surface area (Å²) in [5.74, 6) is -4.96. The van der Waals surface area contributed by atoms with Gasteiger partial charge in [-0.3, -0.25) is 19.2 Å². The molecule has 0 radical (unpaired) electrons. The van der Waals surface area contributed by atoms with E-state index < -0.39 is 66.8 Å².